The maximum Gasteiger partial charge on any atom is 0.414 e. The van der Waals surface area contributed by atoms with E-state index in [1.807, 2.05) is 0 Å². The Balaban J connectivity index is 1.47. The maximum atomic E-state index is 14.1. The van der Waals surface area contributed by atoms with Crippen LogP contribution in [-0.2, 0) is 11.1 Å². The highest BCUT2D eigenvalue weighted by atomic mass is 35.5. The molecule has 3 aromatic rings. The molecular formula is C28H26ClF4N3O5. The molecule has 2 atom stereocenters. The fourth-order valence-corrected chi connectivity index (χ4v) is 4.52. The number of fused-ring (bicyclic) bond motifs is 1. The Bertz CT molecular complexity index is 1510. The summed E-state index contributed by atoms with van der Waals surface area (Å²) in [6.07, 6.45) is -2.92. The summed E-state index contributed by atoms with van der Waals surface area (Å²) in [5.41, 5.74) is 0.436. The number of hydrogen-bond donors (Lipinski definition) is 3. The zero-order valence-corrected chi connectivity index (χ0v) is 22.7. The predicted molar refractivity (Wildman–Crippen MR) is 141 cm³/mol. The lowest BCUT2D eigenvalue weighted by Gasteiger charge is -2.28. The largest absolute Gasteiger partial charge is 0.493 e. The molecule has 1 aliphatic heterocycles. The summed E-state index contributed by atoms with van der Waals surface area (Å²) in [6, 6.07) is 9.08. The predicted octanol–water partition coefficient (Wildman–Crippen LogP) is 4.84. The Hall–Kier alpha value is -3.61. The molecule has 0 radical (unpaired) electrons. The summed E-state index contributed by atoms with van der Waals surface area (Å²) >= 11 is 5.91. The van der Waals surface area contributed by atoms with E-state index in [1.54, 1.807) is 6.07 Å². The minimum Gasteiger partial charge on any atom is -0.493 e. The van der Waals surface area contributed by atoms with Gasteiger partial charge in [-0.2, -0.15) is 13.2 Å². The average molecular weight is 596 g/mol. The lowest BCUT2D eigenvalue weighted by Crippen LogP contribution is -2.52. The molecule has 0 spiro atoms. The van der Waals surface area contributed by atoms with E-state index in [0.717, 1.165) is 25.0 Å². The van der Waals surface area contributed by atoms with Crippen LogP contribution in [-0.4, -0.2) is 48.5 Å². The second-order valence-electron chi connectivity index (χ2n) is 10.3. The minimum absolute atomic E-state index is 0.115. The zero-order valence-electron chi connectivity index (χ0n) is 21.9. The number of ether oxygens (including phenoxy) is 3. The van der Waals surface area contributed by atoms with Crippen LogP contribution in [0.2, 0.25) is 5.02 Å². The third-order valence-corrected chi connectivity index (χ3v) is 7.28. The second-order valence-corrected chi connectivity index (χ2v) is 10.7. The van der Waals surface area contributed by atoms with Gasteiger partial charge in [-0.15, -0.1) is 0 Å². The highest BCUT2D eigenvalue weighted by Crippen LogP contribution is 2.49. The average Bonchev–Trinajstić information content (AvgIpc) is 3.68. The van der Waals surface area contributed by atoms with Crippen molar-refractivity contribution in [1.82, 2.24) is 10.3 Å². The zero-order chi connectivity index (χ0) is 29.7. The molecule has 1 aromatic heterocycles. The van der Waals surface area contributed by atoms with Gasteiger partial charge in [0.15, 0.2) is 22.8 Å². The number of rotatable bonds is 8. The van der Waals surface area contributed by atoms with Gasteiger partial charge < -0.3 is 30.4 Å². The van der Waals surface area contributed by atoms with Crippen LogP contribution >= 0.6 is 11.6 Å². The number of carbonyl (C=O) groups excluding carboxylic acids is 1. The monoisotopic (exact) mass is 595 g/mol. The van der Waals surface area contributed by atoms with Crippen LogP contribution in [0.15, 0.2) is 42.5 Å². The van der Waals surface area contributed by atoms with Crippen LogP contribution in [0.3, 0.4) is 0 Å². The van der Waals surface area contributed by atoms with Gasteiger partial charge in [0.05, 0.1) is 30.5 Å². The van der Waals surface area contributed by atoms with E-state index in [1.165, 1.54) is 38.3 Å². The summed E-state index contributed by atoms with van der Waals surface area (Å²) in [6.45, 7) is -0.0907. The molecule has 5 rings (SSSR count). The van der Waals surface area contributed by atoms with Crippen molar-refractivity contribution in [2.45, 2.75) is 43.2 Å². The van der Waals surface area contributed by atoms with Crippen molar-refractivity contribution < 1.29 is 41.7 Å². The number of halogens is 5. The van der Waals surface area contributed by atoms with E-state index in [0.29, 0.717) is 11.5 Å². The Morgan fingerprint density at radius 2 is 1.95 bits per heavy atom. The van der Waals surface area contributed by atoms with Crippen LogP contribution in [0, 0.1) is 5.82 Å². The van der Waals surface area contributed by atoms with Gasteiger partial charge in [-0.3, -0.25) is 4.79 Å². The number of hydrogen-bond acceptors (Lipinski definition) is 7. The molecule has 13 heteroatoms. The smallest absolute Gasteiger partial charge is 0.414 e. The van der Waals surface area contributed by atoms with Crippen molar-refractivity contribution in [2.75, 3.05) is 20.3 Å². The van der Waals surface area contributed by atoms with Crippen LogP contribution < -0.4 is 25.3 Å². The number of methoxy groups -OCH3 is 1. The molecule has 8 nitrogen and oxygen atoms in total. The van der Waals surface area contributed by atoms with E-state index in [-0.39, 0.29) is 39.4 Å². The van der Waals surface area contributed by atoms with Crippen molar-refractivity contribution in [1.29, 1.82) is 0 Å². The van der Waals surface area contributed by atoms with Gasteiger partial charge in [-0.25, -0.2) is 9.37 Å². The molecule has 0 saturated heterocycles. The topological polar surface area (TPSA) is 116 Å². The quantitative estimate of drug-likeness (QED) is 0.319. The Labute approximate surface area is 237 Å². The number of pyridine rings is 1. The molecule has 4 N–H and O–H groups in total. The molecule has 2 aromatic carbocycles. The van der Waals surface area contributed by atoms with Gasteiger partial charge in [0, 0.05) is 16.7 Å². The van der Waals surface area contributed by atoms with Crippen molar-refractivity contribution in [3.8, 4) is 28.5 Å². The molecule has 1 aliphatic carbocycles. The van der Waals surface area contributed by atoms with E-state index < -0.39 is 47.8 Å². The maximum absolute atomic E-state index is 14.1. The number of aromatic nitrogens is 1. The van der Waals surface area contributed by atoms with Crippen LogP contribution in [0.5, 0.6) is 17.2 Å². The third kappa shape index (κ3) is 5.51. The van der Waals surface area contributed by atoms with Crippen molar-refractivity contribution in [3.63, 3.8) is 0 Å². The standard InChI is InChI=1S/C28H26ClF4N3O5/c1-26(38,12-35-25(37)15-4-8-20(21(10-15)39-2)41-16-5-6-16)22-11-17-24(40-13-27(17,34)28(31,32)33)23(36-22)14-3-7-19(30)18(29)9-14/h3-4,7-11,16,38H,5-6,12-13,34H2,1-2H3,(H,35,37)/t26?,27-/m0/s1. The van der Waals surface area contributed by atoms with Crippen LogP contribution in [0.1, 0.15) is 41.4 Å². The summed E-state index contributed by atoms with van der Waals surface area (Å²) < 4.78 is 72.5. The van der Waals surface area contributed by atoms with Gasteiger partial charge in [0.25, 0.3) is 5.91 Å². The highest BCUT2D eigenvalue weighted by Gasteiger charge is 2.59. The van der Waals surface area contributed by atoms with E-state index in [4.69, 9.17) is 31.5 Å². The lowest BCUT2D eigenvalue weighted by atomic mass is 9.88. The fourth-order valence-electron chi connectivity index (χ4n) is 4.34. The third-order valence-electron chi connectivity index (χ3n) is 6.99. The van der Waals surface area contributed by atoms with Gasteiger partial charge >= 0.3 is 6.18 Å². The number of nitrogens with two attached hydrogens (primary N) is 1. The first-order valence-corrected chi connectivity index (χ1v) is 13.0. The summed E-state index contributed by atoms with van der Waals surface area (Å²) in [7, 11) is 1.44. The number of carbonyl (C=O) groups is 1. The highest BCUT2D eigenvalue weighted by molar-refractivity contribution is 6.31. The summed E-state index contributed by atoms with van der Waals surface area (Å²) in [4.78, 5) is 17.3. The number of benzene rings is 2. The first kappa shape index (κ1) is 28.9. The van der Waals surface area contributed by atoms with Gasteiger partial charge in [-0.05, 0) is 62.2 Å². The molecule has 1 unspecified atom stereocenters. The summed E-state index contributed by atoms with van der Waals surface area (Å²) in [5, 5.41) is 13.6. The molecular weight excluding hydrogens is 570 g/mol. The van der Waals surface area contributed by atoms with Gasteiger partial charge in [-0.1, -0.05) is 11.6 Å². The first-order chi connectivity index (χ1) is 19.2. The van der Waals surface area contributed by atoms with Crippen molar-refractivity contribution in [2.24, 2.45) is 5.73 Å². The van der Waals surface area contributed by atoms with Crippen molar-refractivity contribution >= 4 is 17.5 Å². The SMILES string of the molecule is COc1cc(C(=O)NCC(C)(O)c2cc3c(c(-c4ccc(F)c(Cl)c4)n2)OC[C@@]3(N)C(F)(F)F)ccc1OC1CC1. The Kier molecular flexibility index (Phi) is 7.29. The Morgan fingerprint density at radius 1 is 1.22 bits per heavy atom. The van der Waals surface area contributed by atoms with Crippen molar-refractivity contribution in [3.05, 3.63) is 70.1 Å². The summed E-state index contributed by atoms with van der Waals surface area (Å²) in [5.74, 6) is -0.750. The molecule has 1 amide bonds. The van der Waals surface area contributed by atoms with E-state index in [9.17, 15) is 27.5 Å². The number of nitrogens with zero attached hydrogens (tertiary/aromatic N) is 1. The minimum atomic E-state index is -4.91. The first-order valence-electron chi connectivity index (χ1n) is 12.6. The van der Waals surface area contributed by atoms with E-state index in [2.05, 4.69) is 10.3 Å². The molecule has 0 bridgehead atoms. The van der Waals surface area contributed by atoms with E-state index >= 15 is 0 Å². The molecule has 2 aliphatic rings. The normalized spacial score (nSPS) is 19.6. The van der Waals surface area contributed by atoms with Gasteiger partial charge in [0.2, 0.25) is 0 Å². The molecule has 1 fully saturated rings. The molecule has 2 heterocycles. The number of alkyl halides is 3. The molecule has 218 valence electrons. The van der Waals surface area contributed by atoms with Crippen LogP contribution in [0.25, 0.3) is 11.3 Å². The molecule has 1 saturated carbocycles. The fraction of sp³-hybridized carbons (Fsp3) is 0.357. The second kappa shape index (κ2) is 10.3. The molecule has 41 heavy (non-hydrogen) atoms. The van der Waals surface area contributed by atoms with Crippen LogP contribution in [0.4, 0.5) is 17.6 Å². The number of nitrogens with one attached hydrogen (secondary N) is 1. The van der Waals surface area contributed by atoms with Gasteiger partial charge in [0.1, 0.15) is 23.7 Å². The number of aliphatic hydroxyl groups is 1. The lowest BCUT2D eigenvalue weighted by molar-refractivity contribution is -0.191. The number of amides is 1. The Morgan fingerprint density at radius 3 is 2.59 bits per heavy atom.